The molecular weight excluding hydrogens is 448 g/mol. The molecule has 2 nitrogen and oxygen atoms in total. The van der Waals surface area contributed by atoms with E-state index in [1.807, 2.05) is 0 Å². The van der Waals surface area contributed by atoms with Crippen LogP contribution >= 0.6 is 0 Å². The molecule has 0 spiro atoms. The SMILES string of the molecule is CC1CC(CC2CCC(Nc3cccc4ccccc34)C(C)C2)CCC1Nc1cccc2ccccc12. The summed E-state index contributed by atoms with van der Waals surface area (Å²) in [5.41, 5.74) is 2.61. The number of rotatable bonds is 6. The topological polar surface area (TPSA) is 24.1 Å². The Hall–Kier alpha value is -3.00. The summed E-state index contributed by atoms with van der Waals surface area (Å²) in [4.78, 5) is 0. The Kier molecular flexibility index (Phi) is 7.09. The van der Waals surface area contributed by atoms with Gasteiger partial charge >= 0.3 is 0 Å². The molecule has 192 valence electrons. The summed E-state index contributed by atoms with van der Waals surface area (Å²) in [6, 6.07) is 32.0. The van der Waals surface area contributed by atoms with Gasteiger partial charge in [0.1, 0.15) is 0 Å². The molecule has 0 heterocycles. The van der Waals surface area contributed by atoms with Crippen LogP contribution in [0.15, 0.2) is 84.9 Å². The molecule has 37 heavy (non-hydrogen) atoms. The van der Waals surface area contributed by atoms with E-state index in [9.17, 15) is 0 Å². The van der Waals surface area contributed by atoms with E-state index in [1.54, 1.807) is 0 Å². The Bertz CT molecular complexity index is 1230. The van der Waals surface area contributed by atoms with Gasteiger partial charge in [-0.1, -0.05) is 86.6 Å². The molecule has 2 saturated carbocycles. The monoisotopic (exact) mass is 490 g/mol. The van der Waals surface area contributed by atoms with Crippen LogP contribution in [0.2, 0.25) is 0 Å². The van der Waals surface area contributed by atoms with E-state index in [0.717, 1.165) is 23.7 Å². The van der Waals surface area contributed by atoms with Crippen molar-refractivity contribution in [3.05, 3.63) is 84.9 Å². The molecule has 4 aromatic rings. The maximum atomic E-state index is 3.94. The summed E-state index contributed by atoms with van der Waals surface area (Å²) in [6.07, 6.45) is 9.49. The van der Waals surface area contributed by atoms with E-state index in [-0.39, 0.29) is 0 Å². The highest BCUT2D eigenvalue weighted by atomic mass is 14.9. The Labute approximate surface area is 222 Å². The standard InChI is InChI=1S/C35H42N2/c1-24-21-26(17-19-32(24)36-34-15-7-11-28-9-3-5-13-30(28)34)23-27-18-20-33(25(2)22-27)37-35-16-8-12-29-10-4-6-14-31(29)35/h3-16,24-27,32-33,36-37H,17-23H2,1-2H3. The first-order valence-corrected chi connectivity index (χ1v) is 14.6. The molecule has 2 N–H and O–H groups in total. The van der Waals surface area contributed by atoms with Crippen molar-refractivity contribution in [2.45, 2.75) is 70.9 Å². The van der Waals surface area contributed by atoms with Gasteiger partial charge in [0.25, 0.3) is 0 Å². The highest BCUT2D eigenvalue weighted by molar-refractivity contribution is 5.94. The maximum absolute atomic E-state index is 3.94. The molecule has 0 aromatic heterocycles. The van der Waals surface area contributed by atoms with E-state index in [2.05, 4.69) is 109 Å². The fourth-order valence-electron chi connectivity index (χ4n) is 7.45. The van der Waals surface area contributed by atoms with Crippen LogP contribution in [0.3, 0.4) is 0 Å². The van der Waals surface area contributed by atoms with E-state index in [0.29, 0.717) is 12.1 Å². The lowest BCUT2D eigenvalue weighted by molar-refractivity contribution is 0.177. The molecule has 2 aliphatic rings. The third-order valence-electron chi connectivity index (χ3n) is 9.48. The summed E-state index contributed by atoms with van der Waals surface area (Å²) < 4.78 is 0. The first-order valence-electron chi connectivity index (χ1n) is 14.6. The minimum absolute atomic E-state index is 0.585. The third-order valence-corrected chi connectivity index (χ3v) is 9.48. The van der Waals surface area contributed by atoms with E-state index >= 15 is 0 Å². The van der Waals surface area contributed by atoms with Gasteiger partial charge < -0.3 is 10.6 Å². The zero-order chi connectivity index (χ0) is 25.2. The van der Waals surface area contributed by atoms with Crippen molar-refractivity contribution in [3.63, 3.8) is 0 Å². The van der Waals surface area contributed by atoms with Gasteiger partial charge in [-0.05, 0) is 91.5 Å². The van der Waals surface area contributed by atoms with Crippen molar-refractivity contribution in [2.75, 3.05) is 10.6 Å². The first kappa shape index (κ1) is 24.3. The van der Waals surface area contributed by atoms with Gasteiger partial charge in [-0.25, -0.2) is 0 Å². The molecular formula is C35H42N2. The number of hydrogen-bond acceptors (Lipinski definition) is 2. The van der Waals surface area contributed by atoms with Crippen LogP contribution in [0.4, 0.5) is 11.4 Å². The second-order valence-corrected chi connectivity index (χ2v) is 12.1. The van der Waals surface area contributed by atoms with Crippen LogP contribution < -0.4 is 10.6 Å². The lowest BCUT2D eigenvalue weighted by Crippen LogP contribution is -2.36. The van der Waals surface area contributed by atoms with E-state index in [4.69, 9.17) is 0 Å². The second kappa shape index (κ2) is 10.8. The van der Waals surface area contributed by atoms with E-state index < -0.39 is 0 Å². The Morgan fingerprint density at radius 2 is 0.973 bits per heavy atom. The van der Waals surface area contributed by atoms with Crippen molar-refractivity contribution in [1.82, 2.24) is 0 Å². The molecule has 0 saturated heterocycles. The molecule has 0 aliphatic heterocycles. The molecule has 0 amide bonds. The summed E-state index contributed by atoms with van der Waals surface area (Å²) >= 11 is 0. The van der Waals surface area contributed by atoms with Crippen molar-refractivity contribution >= 4 is 32.9 Å². The average molecular weight is 491 g/mol. The Morgan fingerprint density at radius 3 is 1.43 bits per heavy atom. The summed E-state index contributed by atoms with van der Waals surface area (Å²) in [5, 5.41) is 13.2. The number of hydrogen-bond donors (Lipinski definition) is 2. The summed E-state index contributed by atoms with van der Waals surface area (Å²) in [6.45, 7) is 4.95. The highest BCUT2D eigenvalue weighted by Gasteiger charge is 2.33. The molecule has 6 unspecified atom stereocenters. The first-order chi connectivity index (χ1) is 18.1. The lowest BCUT2D eigenvalue weighted by Gasteiger charge is -2.40. The molecule has 2 fully saturated rings. The minimum atomic E-state index is 0.585. The summed E-state index contributed by atoms with van der Waals surface area (Å²) in [5.74, 6) is 3.22. The highest BCUT2D eigenvalue weighted by Crippen LogP contribution is 2.41. The van der Waals surface area contributed by atoms with Gasteiger partial charge in [-0.15, -0.1) is 0 Å². The van der Waals surface area contributed by atoms with Crippen LogP contribution in [-0.4, -0.2) is 12.1 Å². The summed E-state index contributed by atoms with van der Waals surface area (Å²) in [7, 11) is 0. The number of anilines is 2. The minimum Gasteiger partial charge on any atom is -0.382 e. The molecule has 4 aromatic carbocycles. The fraction of sp³-hybridized carbons (Fsp3) is 0.429. The van der Waals surface area contributed by atoms with Gasteiger partial charge in [-0.3, -0.25) is 0 Å². The normalized spacial score (nSPS) is 28.3. The Balaban J connectivity index is 1.02. The maximum Gasteiger partial charge on any atom is 0.0422 e. The fourth-order valence-corrected chi connectivity index (χ4v) is 7.45. The largest absolute Gasteiger partial charge is 0.382 e. The number of benzene rings is 4. The predicted octanol–water partition coefficient (Wildman–Crippen LogP) is 9.52. The van der Waals surface area contributed by atoms with Crippen molar-refractivity contribution in [2.24, 2.45) is 23.7 Å². The third kappa shape index (κ3) is 5.35. The lowest BCUT2D eigenvalue weighted by atomic mass is 9.70. The van der Waals surface area contributed by atoms with Gasteiger partial charge in [-0.2, -0.15) is 0 Å². The van der Waals surface area contributed by atoms with Gasteiger partial charge in [0.2, 0.25) is 0 Å². The number of fused-ring (bicyclic) bond motifs is 2. The molecule has 6 atom stereocenters. The molecule has 0 radical (unpaired) electrons. The van der Waals surface area contributed by atoms with Crippen LogP contribution in [0.25, 0.3) is 21.5 Å². The molecule has 2 heteroatoms. The van der Waals surface area contributed by atoms with Crippen molar-refractivity contribution < 1.29 is 0 Å². The van der Waals surface area contributed by atoms with Gasteiger partial charge in [0.15, 0.2) is 0 Å². The zero-order valence-electron chi connectivity index (χ0n) is 22.5. The second-order valence-electron chi connectivity index (χ2n) is 12.1. The van der Waals surface area contributed by atoms with Crippen molar-refractivity contribution in [1.29, 1.82) is 0 Å². The van der Waals surface area contributed by atoms with Gasteiger partial charge in [0, 0.05) is 34.2 Å². The Morgan fingerprint density at radius 1 is 0.541 bits per heavy atom. The van der Waals surface area contributed by atoms with Crippen LogP contribution in [0.1, 0.15) is 58.8 Å². The smallest absolute Gasteiger partial charge is 0.0422 e. The quantitative estimate of drug-likeness (QED) is 0.281. The molecule has 2 aliphatic carbocycles. The van der Waals surface area contributed by atoms with Crippen LogP contribution in [0, 0.1) is 23.7 Å². The van der Waals surface area contributed by atoms with Crippen molar-refractivity contribution in [3.8, 4) is 0 Å². The predicted molar refractivity (Wildman–Crippen MR) is 160 cm³/mol. The van der Waals surface area contributed by atoms with E-state index in [1.165, 1.54) is 77.9 Å². The average Bonchev–Trinajstić information content (AvgIpc) is 2.92. The van der Waals surface area contributed by atoms with Crippen LogP contribution in [-0.2, 0) is 0 Å². The van der Waals surface area contributed by atoms with Crippen LogP contribution in [0.5, 0.6) is 0 Å². The molecule has 0 bridgehead atoms. The zero-order valence-corrected chi connectivity index (χ0v) is 22.5. The van der Waals surface area contributed by atoms with Gasteiger partial charge in [0.05, 0.1) is 0 Å². The molecule has 6 rings (SSSR count). The number of nitrogens with one attached hydrogen (secondary N) is 2.